The number of anilines is 1. The molecule has 2 unspecified atom stereocenters. The van der Waals surface area contributed by atoms with E-state index in [0.29, 0.717) is 6.04 Å². The second kappa shape index (κ2) is 7.80. The van der Waals surface area contributed by atoms with E-state index < -0.39 is 0 Å². The molecular formula is C16H25NO. The zero-order valence-corrected chi connectivity index (χ0v) is 11.8. The summed E-state index contributed by atoms with van der Waals surface area (Å²) in [6.07, 6.45) is 5.38. The van der Waals surface area contributed by atoms with Gasteiger partial charge in [0, 0.05) is 17.8 Å². The molecule has 1 rings (SSSR count). The Balaban J connectivity index is 2.55. The zero-order valence-electron chi connectivity index (χ0n) is 11.8. The van der Waals surface area contributed by atoms with Crippen LogP contribution < -0.4 is 10.1 Å². The van der Waals surface area contributed by atoms with Crippen LogP contribution in [0.1, 0.15) is 40.0 Å². The minimum atomic E-state index is 0.262. The Morgan fingerprint density at radius 1 is 1.39 bits per heavy atom. The average Bonchev–Trinajstić information content (AvgIpc) is 2.36. The summed E-state index contributed by atoms with van der Waals surface area (Å²) in [5.74, 6) is 0.935. The van der Waals surface area contributed by atoms with Crippen molar-refractivity contribution in [3.05, 3.63) is 36.9 Å². The van der Waals surface area contributed by atoms with E-state index in [9.17, 15) is 0 Å². The molecule has 18 heavy (non-hydrogen) atoms. The van der Waals surface area contributed by atoms with Gasteiger partial charge in [-0.3, -0.25) is 0 Å². The van der Waals surface area contributed by atoms with Gasteiger partial charge in [-0.15, -0.1) is 6.58 Å². The van der Waals surface area contributed by atoms with E-state index in [1.807, 2.05) is 18.2 Å². The topological polar surface area (TPSA) is 21.3 Å². The van der Waals surface area contributed by atoms with Crippen LogP contribution in [0.3, 0.4) is 0 Å². The highest BCUT2D eigenvalue weighted by Crippen LogP contribution is 2.20. The number of rotatable bonds is 8. The van der Waals surface area contributed by atoms with Gasteiger partial charge in [-0.1, -0.05) is 19.1 Å². The quantitative estimate of drug-likeness (QED) is 0.676. The van der Waals surface area contributed by atoms with Crippen molar-refractivity contribution in [2.45, 2.75) is 52.2 Å². The van der Waals surface area contributed by atoms with Gasteiger partial charge in [0.25, 0.3) is 0 Å². The maximum Gasteiger partial charge on any atom is 0.121 e. The molecule has 0 saturated carbocycles. The molecule has 0 spiro atoms. The Morgan fingerprint density at radius 2 is 2.17 bits per heavy atom. The number of hydrogen-bond donors (Lipinski definition) is 1. The molecule has 0 heterocycles. The largest absolute Gasteiger partial charge is 0.491 e. The fraction of sp³-hybridized carbons (Fsp3) is 0.500. The lowest BCUT2D eigenvalue weighted by Gasteiger charge is -2.17. The summed E-state index contributed by atoms with van der Waals surface area (Å²) in [6.45, 7) is 10.2. The van der Waals surface area contributed by atoms with Crippen LogP contribution in [0.15, 0.2) is 36.9 Å². The third kappa shape index (κ3) is 5.26. The first-order chi connectivity index (χ1) is 8.65. The van der Waals surface area contributed by atoms with Gasteiger partial charge >= 0.3 is 0 Å². The van der Waals surface area contributed by atoms with Gasteiger partial charge in [0.1, 0.15) is 5.75 Å². The fourth-order valence-corrected chi connectivity index (χ4v) is 1.70. The third-order valence-electron chi connectivity index (χ3n) is 2.96. The molecule has 100 valence electrons. The summed E-state index contributed by atoms with van der Waals surface area (Å²) in [5, 5.41) is 3.48. The van der Waals surface area contributed by atoms with Gasteiger partial charge < -0.3 is 10.1 Å². The minimum absolute atomic E-state index is 0.262. The standard InChI is InChI=1S/C16H25NO/c1-5-7-9-13(3)17-15-10-8-11-16(12-15)18-14(4)6-2/h5,8,10-14,17H,1,6-7,9H2,2-4H3. The van der Waals surface area contributed by atoms with Crippen molar-refractivity contribution < 1.29 is 4.74 Å². The lowest BCUT2D eigenvalue weighted by Crippen LogP contribution is -2.15. The first-order valence-corrected chi connectivity index (χ1v) is 6.79. The molecule has 2 nitrogen and oxygen atoms in total. The van der Waals surface area contributed by atoms with Gasteiger partial charge in [0.2, 0.25) is 0 Å². The molecule has 0 aliphatic heterocycles. The highest BCUT2D eigenvalue weighted by Gasteiger charge is 2.04. The maximum absolute atomic E-state index is 5.81. The second-order valence-corrected chi connectivity index (χ2v) is 4.78. The molecule has 1 aromatic rings. The van der Waals surface area contributed by atoms with Crippen LogP contribution >= 0.6 is 0 Å². The SMILES string of the molecule is C=CCCC(C)Nc1cccc(OC(C)CC)c1. The van der Waals surface area contributed by atoms with E-state index in [4.69, 9.17) is 4.74 Å². The van der Waals surface area contributed by atoms with Crippen LogP contribution in [0.25, 0.3) is 0 Å². The van der Waals surface area contributed by atoms with E-state index >= 15 is 0 Å². The van der Waals surface area contributed by atoms with E-state index in [0.717, 1.165) is 30.7 Å². The van der Waals surface area contributed by atoms with Crippen molar-refractivity contribution in [1.29, 1.82) is 0 Å². The molecule has 1 N–H and O–H groups in total. The van der Waals surface area contributed by atoms with Gasteiger partial charge in [0.05, 0.1) is 6.10 Å². The summed E-state index contributed by atoms with van der Waals surface area (Å²) in [4.78, 5) is 0. The van der Waals surface area contributed by atoms with Crippen molar-refractivity contribution in [3.63, 3.8) is 0 Å². The van der Waals surface area contributed by atoms with Crippen LogP contribution in [-0.2, 0) is 0 Å². The van der Waals surface area contributed by atoms with Crippen LogP contribution in [-0.4, -0.2) is 12.1 Å². The minimum Gasteiger partial charge on any atom is -0.491 e. The normalized spacial score (nSPS) is 13.7. The van der Waals surface area contributed by atoms with Crippen LogP contribution in [0.4, 0.5) is 5.69 Å². The predicted molar refractivity (Wildman–Crippen MR) is 79.3 cm³/mol. The van der Waals surface area contributed by atoms with Crippen LogP contribution in [0, 0.1) is 0 Å². The predicted octanol–water partition coefficient (Wildman–Crippen LogP) is 4.63. The highest BCUT2D eigenvalue weighted by molar-refractivity contribution is 5.48. The summed E-state index contributed by atoms with van der Waals surface area (Å²) < 4.78 is 5.81. The van der Waals surface area contributed by atoms with E-state index in [2.05, 4.69) is 44.8 Å². The Labute approximate surface area is 111 Å². The second-order valence-electron chi connectivity index (χ2n) is 4.78. The summed E-state index contributed by atoms with van der Waals surface area (Å²) in [7, 11) is 0. The molecule has 2 atom stereocenters. The van der Waals surface area contributed by atoms with E-state index in [1.165, 1.54) is 0 Å². The molecule has 0 fully saturated rings. The third-order valence-corrected chi connectivity index (χ3v) is 2.96. The van der Waals surface area contributed by atoms with Crippen molar-refractivity contribution in [3.8, 4) is 5.75 Å². The number of benzene rings is 1. The van der Waals surface area contributed by atoms with Gasteiger partial charge in [0.15, 0.2) is 0 Å². The molecule has 2 heteroatoms. The molecule has 0 aliphatic carbocycles. The van der Waals surface area contributed by atoms with Crippen molar-refractivity contribution in [2.75, 3.05) is 5.32 Å². The monoisotopic (exact) mass is 247 g/mol. The van der Waals surface area contributed by atoms with Crippen LogP contribution in [0.5, 0.6) is 5.75 Å². The number of nitrogens with one attached hydrogen (secondary N) is 1. The first-order valence-electron chi connectivity index (χ1n) is 6.79. The zero-order chi connectivity index (χ0) is 13.4. The molecule has 0 bridgehead atoms. The number of allylic oxidation sites excluding steroid dienone is 1. The lowest BCUT2D eigenvalue weighted by atomic mass is 10.1. The Hall–Kier alpha value is -1.44. The number of ether oxygens (including phenoxy) is 1. The summed E-state index contributed by atoms with van der Waals surface area (Å²) >= 11 is 0. The Morgan fingerprint density at radius 3 is 2.83 bits per heavy atom. The van der Waals surface area contributed by atoms with Crippen molar-refractivity contribution in [1.82, 2.24) is 0 Å². The fourth-order valence-electron chi connectivity index (χ4n) is 1.70. The first kappa shape index (κ1) is 14.6. The van der Waals surface area contributed by atoms with Crippen molar-refractivity contribution >= 4 is 5.69 Å². The molecule has 1 aromatic carbocycles. The Bertz CT molecular complexity index is 362. The molecular weight excluding hydrogens is 222 g/mol. The average molecular weight is 247 g/mol. The van der Waals surface area contributed by atoms with Gasteiger partial charge in [-0.05, 0) is 45.2 Å². The molecule has 0 aliphatic rings. The molecule has 0 saturated heterocycles. The summed E-state index contributed by atoms with van der Waals surface area (Å²) in [6, 6.07) is 8.62. The smallest absolute Gasteiger partial charge is 0.121 e. The Kier molecular flexibility index (Phi) is 6.34. The number of hydrogen-bond acceptors (Lipinski definition) is 2. The van der Waals surface area contributed by atoms with Gasteiger partial charge in [-0.25, -0.2) is 0 Å². The van der Waals surface area contributed by atoms with E-state index in [-0.39, 0.29) is 6.10 Å². The molecule has 0 amide bonds. The maximum atomic E-state index is 5.81. The van der Waals surface area contributed by atoms with Crippen LogP contribution in [0.2, 0.25) is 0 Å². The highest BCUT2D eigenvalue weighted by atomic mass is 16.5. The van der Waals surface area contributed by atoms with Crippen molar-refractivity contribution in [2.24, 2.45) is 0 Å². The lowest BCUT2D eigenvalue weighted by molar-refractivity contribution is 0.217. The molecule has 0 radical (unpaired) electrons. The van der Waals surface area contributed by atoms with E-state index in [1.54, 1.807) is 0 Å². The summed E-state index contributed by atoms with van der Waals surface area (Å²) in [5.41, 5.74) is 1.12. The molecule has 0 aromatic heterocycles. The van der Waals surface area contributed by atoms with Gasteiger partial charge in [-0.2, -0.15) is 0 Å².